The fourth-order valence-corrected chi connectivity index (χ4v) is 2.44. The lowest BCUT2D eigenvalue weighted by molar-refractivity contribution is 0.194. The number of nitrogens with zero attached hydrogens (tertiary/aromatic N) is 4. The Bertz CT molecular complexity index is 443. The lowest BCUT2D eigenvalue weighted by atomic mass is 10.0. The molecule has 0 radical (unpaired) electrons. The molecule has 6 nitrogen and oxygen atoms in total. The minimum Gasteiger partial charge on any atom is -0.461 e. The van der Waals surface area contributed by atoms with Crippen LogP contribution in [0.1, 0.15) is 33.1 Å². The van der Waals surface area contributed by atoms with E-state index in [1.807, 2.05) is 13.8 Å². The Hall–Kier alpha value is -1.14. The molecule has 0 bridgehead atoms. The van der Waals surface area contributed by atoms with Crippen molar-refractivity contribution in [3.05, 3.63) is 5.28 Å². The van der Waals surface area contributed by atoms with Gasteiger partial charge in [0, 0.05) is 12.6 Å². The maximum Gasteiger partial charge on any atom is 0.322 e. The van der Waals surface area contributed by atoms with E-state index >= 15 is 0 Å². The maximum absolute atomic E-state index is 5.89. The minimum absolute atomic E-state index is 0.00537. The highest BCUT2D eigenvalue weighted by Crippen LogP contribution is 2.16. The molecule has 0 saturated carbocycles. The predicted molar refractivity (Wildman–Crippen MR) is 79.4 cm³/mol. The first-order valence-corrected chi connectivity index (χ1v) is 7.44. The van der Waals surface area contributed by atoms with Gasteiger partial charge in [-0.05, 0) is 51.9 Å². The molecule has 112 valence electrons. The van der Waals surface area contributed by atoms with Crippen LogP contribution < -0.4 is 10.1 Å². The Morgan fingerprint density at radius 1 is 1.35 bits per heavy atom. The Kier molecular flexibility index (Phi) is 5.37. The topological polar surface area (TPSA) is 63.2 Å². The molecule has 1 fully saturated rings. The van der Waals surface area contributed by atoms with Gasteiger partial charge in [-0.25, -0.2) is 0 Å². The number of rotatable bonds is 5. The lowest BCUT2D eigenvalue weighted by Crippen LogP contribution is -2.41. The number of ether oxygens (including phenoxy) is 1. The summed E-state index contributed by atoms with van der Waals surface area (Å²) >= 11 is 5.89. The summed E-state index contributed by atoms with van der Waals surface area (Å²) in [6, 6.07) is 0.772. The van der Waals surface area contributed by atoms with Gasteiger partial charge < -0.3 is 15.0 Å². The quantitative estimate of drug-likeness (QED) is 0.899. The zero-order valence-corrected chi connectivity index (χ0v) is 13.0. The summed E-state index contributed by atoms with van der Waals surface area (Å²) in [5.74, 6) is 0.472. The fraction of sp³-hybridized carbons (Fsp3) is 0.769. The van der Waals surface area contributed by atoms with Crippen LogP contribution in [-0.2, 0) is 0 Å². The van der Waals surface area contributed by atoms with Crippen LogP contribution >= 0.6 is 11.6 Å². The van der Waals surface area contributed by atoms with Gasteiger partial charge in [-0.2, -0.15) is 15.0 Å². The number of halogens is 1. The summed E-state index contributed by atoms with van der Waals surface area (Å²) in [5, 5.41) is 3.38. The summed E-state index contributed by atoms with van der Waals surface area (Å²) in [7, 11) is 2.15. The van der Waals surface area contributed by atoms with Crippen LogP contribution in [0.3, 0.4) is 0 Å². The van der Waals surface area contributed by atoms with Crippen molar-refractivity contribution in [1.29, 1.82) is 0 Å². The molecule has 1 saturated heterocycles. The van der Waals surface area contributed by atoms with Crippen molar-refractivity contribution in [2.75, 3.05) is 25.5 Å². The first-order chi connectivity index (χ1) is 9.54. The molecule has 0 amide bonds. The number of likely N-dealkylation sites (tertiary alicyclic amines) is 1. The number of nitrogens with one attached hydrogen (secondary N) is 1. The fourth-order valence-electron chi connectivity index (χ4n) is 2.29. The second-order valence-electron chi connectivity index (χ2n) is 5.39. The van der Waals surface area contributed by atoms with E-state index in [2.05, 4.69) is 32.2 Å². The largest absolute Gasteiger partial charge is 0.461 e. The molecule has 0 aliphatic carbocycles. The molecule has 20 heavy (non-hydrogen) atoms. The van der Waals surface area contributed by atoms with E-state index in [-0.39, 0.29) is 17.4 Å². The van der Waals surface area contributed by atoms with E-state index in [1.54, 1.807) is 0 Å². The highest BCUT2D eigenvalue weighted by atomic mass is 35.5. The van der Waals surface area contributed by atoms with Crippen molar-refractivity contribution in [3.8, 4) is 6.01 Å². The van der Waals surface area contributed by atoms with Crippen molar-refractivity contribution in [1.82, 2.24) is 19.9 Å². The highest BCUT2D eigenvalue weighted by molar-refractivity contribution is 6.28. The summed E-state index contributed by atoms with van der Waals surface area (Å²) in [6.07, 6.45) is 3.75. The van der Waals surface area contributed by atoms with Crippen molar-refractivity contribution < 1.29 is 4.74 Å². The zero-order valence-electron chi connectivity index (χ0n) is 12.3. The third-order valence-corrected chi connectivity index (χ3v) is 3.52. The average molecular weight is 300 g/mol. The van der Waals surface area contributed by atoms with Crippen LogP contribution in [-0.4, -0.2) is 52.1 Å². The molecule has 2 heterocycles. The third-order valence-electron chi connectivity index (χ3n) is 3.35. The predicted octanol–water partition coefficient (Wildman–Crippen LogP) is 2.21. The van der Waals surface area contributed by atoms with Crippen LogP contribution in [0, 0.1) is 0 Å². The number of piperidine rings is 1. The normalized spacial score (nSPS) is 20.1. The Balaban J connectivity index is 1.96. The molecule has 1 aliphatic rings. The second-order valence-corrected chi connectivity index (χ2v) is 5.73. The lowest BCUT2D eigenvalue weighted by Gasteiger charge is -2.32. The van der Waals surface area contributed by atoms with Crippen LogP contribution in [0.5, 0.6) is 6.01 Å². The van der Waals surface area contributed by atoms with E-state index in [0.29, 0.717) is 12.0 Å². The average Bonchev–Trinajstić information content (AvgIpc) is 2.36. The van der Waals surface area contributed by atoms with Crippen molar-refractivity contribution in [3.63, 3.8) is 0 Å². The molecule has 1 N–H and O–H groups in total. The Labute approximate surface area is 124 Å². The van der Waals surface area contributed by atoms with Crippen molar-refractivity contribution in [2.45, 2.75) is 45.3 Å². The summed E-state index contributed by atoms with van der Waals surface area (Å²) in [5.41, 5.74) is 0. The van der Waals surface area contributed by atoms with Crippen molar-refractivity contribution >= 4 is 17.5 Å². The van der Waals surface area contributed by atoms with E-state index in [4.69, 9.17) is 16.3 Å². The van der Waals surface area contributed by atoms with Gasteiger partial charge in [0.25, 0.3) is 0 Å². The second kappa shape index (κ2) is 7.04. The molecule has 1 atom stereocenters. The Morgan fingerprint density at radius 2 is 2.15 bits per heavy atom. The van der Waals surface area contributed by atoms with Gasteiger partial charge >= 0.3 is 6.01 Å². The molecule has 1 aromatic heterocycles. The van der Waals surface area contributed by atoms with E-state index < -0.39 is 0 Å². The first-order valence-electron chi connectivity index (χ1n) is 7.07. The number of aromatic nitrogens is 3. The maximum atomic E-state index is 5.89. The molecule has 7 heteroatoms. The minimum atomic E-state index is 0.00537. The molecular weight excluding hydrogens is 278 g/mol. The number of hydrogen-bond acceptors (Lipinski definition) is 6. The van der Waals surface area contributed by atoms with Crippen LogP contribution in [0.4, 0.5) is 5.95 Å². The standard InChI is InChI=1S/C13H22ClN5O/c1-9(2)20-13-17-11(14)16-12(18-13)15-8-10-6-4-5-7-19(10)3/h9-10H,4-8H2,1-3H3,(H,15,16,17,18). The molecule has 0 aromatic carbocycles. The zero-order chi connectivity index (χ0) is 14.5. The first kappa shape index (κ1) is 15.3. The van der Waals surface area contributed by atoms with Gasteiger partial charge in [0.1, 0.15) is 0 Å². The number of likely N-dealkylation sites (N-methyl/N-ethyl adjacent to an activating group) is 1. The van der Waals surface area contributed by atoms with E-state index in [9.17, 15) is 0 Å². The van der Waals surface area contributed by atoms with Gasteiger partial charge in [-0.1, -0.05) is 6.42 Å². The van der Waals surface area contributed by atoms with Gasteiger partial charge in [0.05, 0.1) is 6.10 Å². The van der Waals surface area contributed by atoms with Crippen molar-refractivity contribution in [2.24, 2.45) is 0 Å². The smallest absolute Gasteiger partial charge is 0.322 e. The van der Waals surface area contributed by atoms with Gasteiger partial charge in [-0.3, -0.25) is 0 Å². The van der Waals surface area contributed by atoms with Gasteiger partial charge in [-0.15, -0.1) is 0 Å². The molecule has 2 rings (SSSR count). The molecule has 1 aliphatic heterocycles. The monoisotopic (exact) mass is 299 g/mol. The van der Waals surface area contributed by atoms with Crippen LogP contribution in [0.2, 0.25) is 5.28 Å². The van der Waals surface area contributed by atoms with Crippen LogP contribution in [0.25, 0.3) is 0 Å². The van der Waals surface area contributed by atoms with E-state index in [0.717, 1.165) is 13.1 Å². The van der Waals surface area contributed by atoms with E-state index in [1.165, 1.54) is 19.3 Å². The third kappa shape index (κ3) is 4.45. The van der Waals surface area contributed by atoms with Gasteiger partial charge in [0.15, 0.2) is 0 Å². The number of hydrogen-bond donors (Lipinski definition) is 1. The molecule has 1 unspecified atom stereocenters. The summed E-state index contributed by atoms with van der Waals surface area (Å²) in [4.78, 5) is 14.6. The summed E-state index contributed by atoms with van der Waals surface area (Å²) in [6.45, 7) is 5.79. The molecule has 1 aromatic rings. The number of anilines is 1. The molecular formula is C13H22ClN5O. The van der Waals surface area contributed by atoms with Gasteiger partial charge in [0.2, 0.25) is 11.2 Å². The highest BCUT2D eigenvalue weighted by Gasteiger charge is 2.19. The van der Waals surface area contributed by atoms with Crippen LogP contribution in [0.15, 0.2) is 0 Å². The molecule has 0 spiro atoms. The summed E-state index contributed by atoms with van der Waals surface area (Å²) < 4.78 is 5.45. The Morgan fingerprint density at radius 3 is 2.85 bits per heavy atom. The SMILES string of the molecule is CC(C)Oc1nc(Cl)nc(NCC2CCCCN2C)n1.